The summed E-state index contributed by atoms with van der Waals surface area (Å²) in [6.45, 7) is 1.29. The number of aromatic amines is 1. The zero-order valence-corrected chi connectivity index (χ0v) is 17.7. The van der Waals surface area contributed by atoms with Gasteiger partial charge in [0.25, 0.3) is 0 Å². The predicted molar refractivity (Wildman–Crippen MR) is 123 cm³/mol. The fourth-order valence-corrected chi connectivity index (χ4v) is 3.40. The van der Waals surface area contributed by atoms with Crippen LogP contribution in [0, 0.1) is 11.3 Å². The van der Waals surface area contributed by atoms with Crippen molar-refractivity contribution in [3.05, 3.63) is 76.5 Å². The summed E-state index contributed by atoms with van der Waals surface area (Å²) in [7, 11) is 0. The number of pyridine rings is 2. The van der Waals surface area contributed by atoms with E-state index < -0.39 is 0 Å². The van der Waals surface area contributed by atoms with E-state index in [1.807, 2.05) is 30.3 Å². The zero-order chi connectivity index (χ0) is 21.6. The first-order chi connectivity index (χ1) is 15.1. The Morgan fingerprint density at radius 2 is 1.77 bits per heavy atom. The van der Waals surface area contributed by atoms with Crippen LogP contribution in [-0.2, 0) is 0 Å². The van der Waals surface area contributed by atoms with E-state index in [4.69, 9.17) is 28.5 Å². The molecule has 0 radical (unpaired) electrons. The predicted octanol–water partition coefficient (Wildman–Crippen LogP) is 5.24. The van der Waals surface area contributed by atoms with E-state index in [0.717, 1.165) is 22.8 Å². The van der Waals surface area contributed by atoms with E-state index in [-0.39, 0.29) is 0 Å². The van der Waals surface area contributed by atoms with Crippen LogP contribution < -0.4 is 10.6 Å². The van der Waals surface area contributed by atoms with Crippen LogP contribution in [0.25, 0.3) is 22.8 Å². The summed E-state index contributed by atoms with van der Waals surface area (Å²) >= 11 is 12.3. The maximum atomic E-state index is 8.81. The summed E-state index contributed by atoms with van der Waals surface area (Å²) in [4.78, 5) is 16.5. The Morgan fingerprint density at radius 3 is 2.52 bits per heavy atom. The number of imidazole rings is 1. The average molecular weight is 450 g/mol. The third-order valence-electron chi connectivity index (χ3n) is 4.42. The number of aromatic nitrogens is 4. The van der Waals surface area contributed by atoms with Gasteiger partial charge >= 0.3 is 0 Å². The third kappa shape index (κ3) is 5.12. The topological polar surface area (TPSA) is 102 Å². The third-order valence-corrected chi connectivity index (χ3v) is 4.96. The number of hydrogen-bond donors (Lipinski definition) is 3. The van der Waals surface area contributed by atoms with Crippen molar-refractivity contribution in [2.45, 2.75) is 0 Å². The van der Waals surface area contributed by atoms with Crippen molar-refractivity contribution in [2.75, 3.05) is 23.7 Å². The van der Waals surface area contributed by atoms with Crippen LogP contribution >= 0.6 is 23.2 Å². The minimum Gasteiger partial charge on any atom is -0.368 e. The molecule has 0 saturated heterocycles. The van der Waals surface area contributed by atoms with Crippen molar-refractivity contribution < 1.29 is 0 Å². The summed E-state index contributed by atoms with van der Waals surface area (Å²) in [5, 5.41) is 16.4. The Bertz CT molecular complexity index is 1230. The van der Waals surface area contributed by atoms with Gasteiger partial charge in [-0.25, -0.2) is 15.0 Å². The first kappa shape index (κ1) is 20.7. The molecular formula is C22H17Cl2N7. The smallest absolute Gasteiger partial charge is 0.139 e. The van der Waals surface area contributed by atoms with Crippen molar-refractivity contribution in [3.8, 4) is 28.8 Å². The first-order valence-electron chi connectivity index (χ1n) is 9.44. The number of nitrogens with zero attached hydrogens (tertiary/aromatic N) is 4. The second-order valence-electron chi connectivity index (χ2n) is 6.58. The zero-order valence-electron chi connectivity index (χ0n) is 16.2. The molecule has 0 aliphatic rings. The Balaban J connectivity index is 1.38. The van der Waals surface area contributed by atoms with Crippen molar-refractivity contribution in [3.63, 3.8) is 0 Å². The van der Waals surface area contributed by atoms with Crippen LogP contribution in [0.1, 0.15) is 5.56 Å². The lowest BCUT2D eigenvalue weighted by atomic mass is 10.2. The van der Waals surface area contributed by atoms with E-state index in [0.29, 0.717) is 40.3 Å². The Kier molecular flexibility index (Phi) is 6.32. The SMILES string of the molecule is N#Cc1ccc(NCCNc2cccc(-c3cnc(-c4ccc(Cl)cc4Cl)[nH]3)n2)nc1. The van der Waals surface area contributed by atoms with Crippen molar-refractivity contribution in [1.82, 2.24) is 19.9 Å². The minimum atomic E-state index is 0.529. The molecule has 0 fully saturated rings. The van der Waals surface area contributed by atoms with Gasteiger partial charge in [0.05, 0.1) is 28.2 Å². The molecule has 7 nitrogen and oxygen atoms in total. The van der Waals surface area contributed by atoms with Gasteiger partial charge in [-0.3, -0.25) is 0 Å². The second kappa shape index (κ2) is 9.47. The molecule has 9 heteroatoms. The van der Waals surface area contributed by atoms with Crippen LogP contribution in [0.5, 0.6) is 0 Å². The maximum absolute atomic E-state index is 8.81. The number of hydrogen-bond acceptors (Lipinski definition) is 6. The molecule has 0 saturated carbocycles. The summed E-state index contributed by atoms with van der Waals surface area (Å²) in [6, 6.07) is 16.6. The highest BCUT2D eigenvalue weighted by molar-refractivity contribution is 6.36. The van der Waals surface area contributed by atoms with Gasteiger partial charge < -0.3 is 15.6 Å². The summed E-state index contributed by atoms with van der Waals surface area (Å²) in [6.07, 6.45) is 3.27. The summed E-state index contributed by atoms with van der Waals surface area (Å²) in [5.74, 6) is 2.11. The minimum absolute atomic E-state index is 0.529. The highest BCUT2D eigenvalue weighted by atomic mass is 35.5. The number of halogens is 2. The molecule has 154 valence electrons. The number of benzene rings is 1. The van der Waals surface area contributed by atoms with Crippen LogP contribution in [0.2, 0.25) is 10.0 Å². The molecule has 0 spiro atoms. The molecule has 0 unspecified atom stereocenters. The van der Waals surface area contributed by atoms with Gasteiger partial charge in [0.2, 0.25) is 0 Å². The maximum Gasteiger partial charge on any atom is 0.139 e. The van der Waals surface area contributed by atoms with Crippen molar-refractivity contribution in [1.29, 1.82) is 5.26 Å². The molecule has 1 aromatic carbocycles. The fraction of sp³-hybridized carbons (Fsp3) is 0.0909. The highest BCUT2D eigenvalue weighted by Crippen LogP contribution is 2.29. The average Bonchev–Trinajstić information content (AvgIpc) is 3.27. The van der Waals surface area contributed by atoms with Crippen LogP contribution in [0.4, 0.5) is 11.6 Å². The standard InChI is InChI=1S/C22H17Cl2N7/c23-15-5-6-16(17(24)10-15)22-29-13-19(31-22)18-2-1-3-21(30-18)27-9-8-26-20-7-4-14(11-25)12-28-20/h1-7,10,12-13H,8-9H2,(H,26,28)(H,27,30)(H,29,31). The van der Waals surface area contributed by atoms with Gasteiger partial charge in [-0.2, -0.15) is 5.26 Å². The number of anilines is 2. The van der Waals surface area contributed by atoms with Crippen LogP contribution in [0.15, 0.2) is 60.9 Å². The number of nitrogens with one attached hydrogen (secondary N) is 3. The van der Waals surface area contributed by atoms with Gasteiger partial charge in [-0.05, 0) is 42.5 Å². The molecule has 31 heavy (non-hydrogen) atoms. The molecule has 0 amide bonds. The van der Waals surface area contributed by atoms with Crippen LogP contribution in [-0.4, -0.2) is 33.0 Å². The summed E-state index contributed by atoms with van der Waals surface area (Å²) in [5.41, 5.74) is 2.85. The second-order valence-corrected chi connectivity index (χ2v) is 7.42. The molecule has 3 aromatic heterocycles. The molecule has 0 bridgehead atoms. The molecule has 4 rings (SSSR count). The quantitative estimate of drug-likeness (QED) is 0.333. The molecule has 0 atom stereocenters. The van der Waals surface area contributed by atoms with Gasteiger partial charge in [0.15, 0.2) is 0 Å². The van der Waals surface area contributed by atoms with Gasteiger partial charge in [-0.1, -0.05) is 29.3 Å². The van der Waals surface area contributed by atoms with E-state index >= 15 is 0 Å². The van der Waals surface area contributed by atoms with Gasteiger partial charge in [-0.15, -0.1) is 0 Å². The number of nitriles is 1. The fourth-order valence-electron chi connectivity index (χ4n) is 2.90. The highest BCUT2D eigenvalue weighted by Gasteiger charge is 2.10. The molecule has 3 heterocycles. The Hall–Kier alpha value is -3.60. The van der Waals surface area contributed by atoms with Crippen LogP contribution in [0.3, 0.4) is 0 Å². The Morgan fingerprint density at radius 1 is 0.935 bits per heavy atom. The van der Waals surface area contributed by atoms with E-state index in [2.05, 4.69) is 30.6 Å². The Labute approximate surface area is 189 Å². The lowest BCUT2D eigenvalue weighted by molar-refractivity contribution is 1.04. The first-order valence-corrected chi connectivity index (χ1v) is 10.2. The van der Waals surface area contributed by atoms with Crippen molar-refractivity contribution >= 4 is 34.8 Å². The molecule has 3 N–H and O–H groups in total. The van der Waals surface area contributed by atoms with Crippen molar-refractivity contribution in [2.24, 2.45) is 0 Å². The monoisotopic (exact) mass is 449 g/mol. The lowest BCUT2D eigenvalue weighted by Crippen LogP contribution is -2.15. The van der Waals surface area contributed by atoms with E-state index in [9.17, 15) is 0 Å². The van der Waals surface area contributed by atoms with E-state index in [1.54, 1.807) is 30.5 Å². The summed E-state index contributed by atoms with van der Waals surface area (Å²) < 4.78 is 0. The molecule has 4 aromatic rings. The lowest BCUT2D eigenvalue weighted by Gasteiger charge is -2.08. The van der Waals surface area contributed by atoms with E-state index in [1.165, 1.54) is 6.20 Å². The number of rotatable bonds is 7. The molecule has 0 aliphatic heterocycles. The van der Waals surface area contributed by atoms with Gasteiger partial charge in [0, 0.05) is 29.9 Å². The number of H-pyrrole nitrogens is 1. The largest absolute Gasteiger partial charge is 0.368 e. The van der Waals surface area contributed by atoms with Gasteiger partial charge in [0.1, 0.15) is 23.5 Å². The normalized spacial score (nSPS) is 10.5. The molecule has 0 aliphatic carbocycles. The molecular weight excluding hydrogens is 433 g/mol.